The van der Waals surface area contributed by atoms with E-state index < -0.39 is 0 Å². The van der Waals surface area contributed by atoms with Gasteiger partial charge in [0.1, 0.15) is 0 Å². The van der Waals surface area contributed by atoms with Crippen molar-refractivity contribution >= 4 is 49.6 Å². The van der Waals surface area contributed by atoms with Crippen molar-refractivity contribution < 1.29 is 0 Å². The molecule has 0 aliphatic rings. The minimum atomic E-state index is 1.09. The Morgan fingerprint density at radius 2 is 0.683 bits per heavy atom. The molecule has 0 aliphatic carbocycles. The second kappa shape index (κ2) is 15.1. The maximum absolute atomic E-state index is 2.43. The molecule has 1 aromatic heterocycles. The van der Waals surface area contributed by atoms with Gasteiger partial charge in [0.15, 0.2) is 0 Å². The van der Waals surface area contributed by atoms with Crippen LogP contribution in [0.25, 0.3) is 82.8 Å². The van der Waals surface area contributed by atoms with Crippen molar-refractivity contribution in [1.82, 2.24) is 4.57 Å². The van der Waals surface area contributed by atoms with Crippen LogP contribution in [0, 0.1) is 0 Å². The normalized spacial score (nSPS) is 11.3. The Bertz CT molecular complexity index is 3220. The Morgan fingerprint density at radius 3 is 1.30 bits per heavy atom. The summed E-state index contributed by atoms with van der Waals surface area (Å²) in [5.41, 5.74) is 16.5. The number of anilines is 3. The van der Waals surface area contributed by atoms with E-state index in [2.05, 4.69) is 252 Å². The predicted octanol–water partition coefficient (Wildman–Crippen LogP) is 16.1. The van der Waals surface area contributed by atoms with E-state index in [1.54, 1.807) is 0 Å². The van der Waals surface area contributed by atoms with Gasteiger partial charge in [-0.25, -0.2) is 0 Å². The van der Waals surface area contributed by atoms with Crippen LogP contribution in [0.15, 0.2) is 243 Å². The van der Waals surface area contributed by atoms with Crippen LogP contribution in [0.5, 0.6) is 0 Å². The van der Waals surface area contributed by atoms with Crippen molar-refractivity contribution in [2.24, 2.45) is 0 Å². The Hall–Kier alpha value is -7.94. The van der Waals surface area contributed by atoms with Crippen LogP contribution in [0.1, 0.15) is 0 Å². The van der Waals surface area contributed by atoms with Gasteiger partial charge in [0.25, 0.3) is 0 Å². The lowest BCUT2D eigenvalue weighted by atomic mass is 9.95. The van der Waals surface area contributed by atoms with E-state index in [4.69, 9.17) is 0 Å². The largest absolute Gasteiger partial charge is 0.309 e. The van der Waals surface area contributed by atoms with Crippen LogP contribution < -0.4 is 4.90 Å². The third-order valence-electron chi connectivity index (χ3n) is 11.8. The van der Waals surface area contributed by atoms with Gasteiger partial charge in [0.2, 0.25) is 0 Å². The molecular formula is C58H40N2. The number of para-hydroxylation sites is 3. The first-order chi connectivity index (χ1) is 29.8. The molecule has 0 N–H and O–H groups in total. The van der Waals surface area contributed by atoms with Crippen molar-refractivity contribution in [3.8, 4) is 50.2 Å². The zero-order valence-corrected chi connectivity index (χ0v) is 33.0. The summed E-state index contributed by atoms with van der Waals surface area (Å²) in [5.74, 6) is 0. The van der Waals surface area contributed by atoms with Crippen molar-refractivity contribution in [3.63, 3.8) is 0 Å². The van der Waals surface area contributed by atoms with E-state index in [1.807, 2.05) is 0 Å². The van der Waals surface area contributed by atoms with Crippen LogP contribution >= 0.6 is 0 Å². The summed E-state index contributed by atoms with van der Waals surface area (Å²) < 4.78 is 2.38. The minimum Gasteiger partial charge on any atom is -0.309 e. The van der Waals surface area contributed by atoms with Crippen LogP contribution in [0.2, 0.25) is 0 Å². The van der Waals surface area contributed by atoms with E-state index in [0.717, 1.165) is 22.7 Å². The van der Waals surface area contributed by atoms with Gasteiger partial charge >= 0.3 is 0 Å². The molecule has 0 bridgehead atoms. The molecule has 0 radical (unpaired) electrons. The highest BCUT2D eigenvalue weighted by molar-refractivity contribution is 6.10. The Kier molecular flexibility index (Phi) is 8.87. The predicted molar refractivity (Wildman–Crippen MR) is 255 cm³/mol. The molecule has 0 unspecified atom stereocenters. The highest BCUT2D eigenvalue weighted by Crippen LogP contribution is 2.46. The molecule has 282 valence electrons. The Morgan fingerprint density at radius 1 is 0.250 bits per heavy atom. The molecule has 0 atom stereocenters. The second-order valence-electron chi connectivity index (χ2n) is 15.3. The van der Waals surface area contributed by atoms with Gasteiger partial charge in [-0.2, -0.15) is 0 Å². The zero-order chi connectivity index (χ0) is 39.8. The second-order valence-corrected chi connectivity index (χ2v) is 15.3. The van der Waals surface area contributed by atoms with Crippen LogP contribution in [0.3, 0.4) is 0 Å². The molecule has 11 aromatic rings. The summed E-state index contributed by atoms with van der Waals surface area (Å²) >= 11 is 0. The first-order valence-electron chi connectivity index (χ1n) is 20.6. The standard InChI is InChI=1S/C58H40N2/c1-3-15-41(16-4-1)42-27-29-43(30-28-42)44-31-35-47(36-32-44)59(55-24-12-9-19-50(55)45-17-5-2-6-18-45)58-40-39-49(51-20-7-8-21-52(51)58)46-33-37-48(38-34-46)60-56-25-13-10-22-53(56)54-23-11-14-26-57(54)60/h1-40H. The van der Waals surface area contributed by atoms with Gasteiger partial charge < -0.3 is 9.47 Å². The first kappa shape index (κ1) is 35.2. The molecule has 0 fully saturated rings. The Balaban J connectivity index is 1.02. The molecule has 1 heterocycles. The molecule has 0 spiro atoms. The third-order valence-corrected chi connectivity index (χ3v) is 11.8. The fourth-order valence-corrected chi connectivity index (χ4v) is 8.95. The molecule has 2 nitrogen and oxygen atoms in total. The number of aromatic nitrogens is 1. The molecule has 0 saturated carbocycles. The monoisotopic (exact) mass is 764 g/mol. The quantitative estimate of drug-likeness (QED) is 0.150. The average Bonchev–Trinajstić information content (AvgIpc) is 3.67. The van der Waals surface area contributed by atoms with Gasteiger partial charge in [0, 0.05) is 33.1 Å². The summed E-state index contributed by atoms with van der Waals surface area (Å²) in [4.78, 5) is 2.43. The number of hydrogen-bond acceptors (Lipinski definition) is 1. The zero-order valence-electron chi connectivity index (χ0n) is 33.0. The molecule has 2 heteroatoms. The Labute approximate surface area is 350 Å². The molecule has 10 aromatic carbocycles. The highest BCUT2D eigenvalue weighted by Gasteiger charge is 2.21. The lowest BCUT2D eigenvalue weighted by Crippen LogP contribution is -2.12. The lowest BCUT2D eigenvalue weighted by Gasteiger charge is -2.29. The molecule has 0 amide bonds. The topological polar surface area (TPSA) is 8.17 Å². The molecule has 60 heavy (non-hydrogen) atoms. The van der Waals surface area contributed by atoms with Crippen molar-refractivity contribution in [2.45, 2.75) is 0 Å². The third kappa shape index (κ3) is 6.23. The summed E-state index contributed by atoms with van der Waals surface area (Å²) in [6, 6.07) is 87.8. The smallest absolute Gasteiger partial charge is 0.0541 e. The van der Waals surface area contributed by atoms with Crippen molar-refractivity contribution in [3.05, 3.63) is 243 Å². The van der Waals surface area contributed by atoms with Gasteiger partial charge in [-0.15, -0.1) is 0 Å². The van der Waals surface area contributed by atoms with E-state index in [9.17, 15) is 0 Å². The molecular weight excluding hydrogens is 725 g/mol. The lowest BCUT2D eigenvalue weighted by molar-refractivity contribution is 1.18. The van der Waals surface area contributed by atoms with E-state index in [0.29, 0.717) is 0 Å². The molecule has 0 saturated heterocycles. The molecule has 0 aliphatic heterocycles. The van der Waals surface area contributed by atoms with E-state index in [-0.39, 0.29) is 0 Å². The van der Waals surface area contributed by atoms with Crippen LogP contribution in [-0.4, -0.2) is 4.57 Å². The number of benzene rings is 10. The highest BCUT2D eigenvalue weighted by atomic mass is 15.1. The summed E-state index contributed by atoms with van der Waals surface area (Å²) in [6.45, 7) is 0. The SMILES string of the molecule is c1ccc(-c2ccc(-c3ccc(N(c4ccccc4-c4ccccc4)c4ccc(-c5ccc(-n6c7ccccc7c7ccccc76)cc5)c5ccccc45)cc3)cc2)cc1. The summed E-state index contributed by atoms with van der Waals surface area (Å²) in [6.07, 6.45) is 0. The van der Waals surface area contributed by atoms with Gasteiger partial charge in [-0.3, -0.25) is 0 Å². The van der Waals surface area contributed by atoms with Gasteiger partial charge in [0.05, 0.1) is 22.4 Å². The van der Waals surface area contributed by atoms with Gasteiger partial charge in [-0.05, 0) is 92.9 Å². The van der Waals surface area contributed by atoms with Crippen molar-refractivity contribution in [1.29, 1.82) is 0 Å². The van der Waals surface area contributed by atoms with Gasteiger partial charge in [-0.1, -0.05) is 194 Å². The number of fused-ring (bicyclic) bond motifs is 4. The van der Waals surface area contributed by atoms with E-state index >= 15 is 0 Å². The fraction of sp³-hybridized carbons (Fsp3) is 0. The number of nitrogens with zero attached hydrogens (tertiary/aromatic N) is 2. The van der Waals surface area contributed by atoms with E-state index in [1.165, 1.54) is 77.1 Å². The summed E-state index contributed by atoms with van der Waals surface area (Å²) in [7, 11) is 0. The number of hydrogen-bond donors (Lipinski definition) is 0. The fourth-order valence-electron chi connectivity index (χ4n) is 8.95. The van der Waals surface area contributed by atoms with Crippen LogP contribution in [0.4, 0.5) is 17.1 Å². The maximum Gasteiger partial charge on any atom is 0.0541 e. The first-order valence-corrected chi connectivity index (χ1v) is 20.6. The number of rotatable bonds is 8. The maximum atomic E-state index is 2.43. The minimum absolute atomic E-state index is 1.09. The summed E-state index contributed by atoms with van der Waals surface area (Å²) in [5, 5.41) is 4.93. The van der Waals surface area contributed by atoms with Crippen LogP contribution in [-0.2, 0) is 0 Å². The average molecular weight is 765 g/mol. The molecule has 11 rings (SSSR count). The van der Waals surface area contributed by atoms with Crippen molar-refractivity contribution in [2.75, 3.05) is 4.90 Å².